The van der Waals surface area contributed by atoms with Crippen LogP contribution in [0, 0.1) is 5.92 Å². The molecule has 7 nitrogen and oxygen atoms in total. The van der Waals surface area contributed by atoms with Crippen LogP contribution in [0.15, 0.2) is 36.4 Å². The molecule has 1 heterocycles. The minimum Gasteiger partial charge on any atom is -0.493 e. The maximum atomic E-state index is 13.6. The first-order chi connectivity index (χ1) is 13.9. The number of aliphatic hydroxyl groups excluding tert-OH is 1. The summed E-state index contributed by atoms with van der Waals surface area (Å²) in [5.74, 6) is 0.520. The van der Waals surface area contributed by atoms with Gasteiger partial charge in [-0.25, -0.2) is 0 Å². The molecule has 0 spiro atoms. The summed E-state index contributed by atoms with van der Waals surface area (Å²) in [6.07, 6.45) is 2.60. The van der Waals surface area contributed by atoms with Gasteiger partial charge in [0.15, 0.2) is 22.9 Å². The highest BCUT2D eigenvalue weighted by Crippen LogP contribution is 2.61. The van der Waals surface area contributed by atoms with Crippen LogP contribution in [0.2, 0.25) is 0 Å². The molecular formula is C22H26O7. The Morgan fingerprint density at radius 2 is 2.03 bits per heavy atom. The highest BCUT2D eigenvalue weighted by molar-refractivity contribution is 6.06. The van der Waals surface area contributed by atoms with Crippen molar-refractivity contribution in [2.45, 2.75) is 36.6 Å². The maximum absolute atomic E-state index is 13.6. The maximum Gasteiger partial charge on any atom is 0.231 e. The molecule has 4 rings (SSSR count). The van der Waals surface area contributed by atoms with Crippen molar-refractivity contribution in [3.05, 3.63) is 42.0 Å². The van der Waals surface area contributed by atoms with E-state index in [9.17, 15) is 9.90 Å². The zero-order valence-electron chi connectivity index (χ0n) is 17.1. The van der Waals surface area contributed by atoms with Gasteiger partial charge in [0, 0.05) is 31.6 Å². The van der Waals surface area contributed by atoms with Gasteiger partial charge in [0.1, 0.15) is 11.7 Å². The van der Waals surface area contributed by atoms with Crippen LogP contribution in [-0.2, 0) is 14.3 Å². The Balaban J connectivity index is 1.94. The molecule has 1 saturated carbocycles. The lowest BCUT2D eigenvalue weighted by Gasteiger charge is -2.41. The average molecular weight is 402 g/mol. The van der Waals surface area contributed by atoms with Crippen LogP contribution in [0.25, 0.3) is 0 Å². The van der Waals surface area contributed by atoms with E-state index in [0.29, 0.717) is 29.2 Å². The number of hydrogen-bond donors (Lipinski definition) is 1. The van der Waals surface area contributed by atoms with Gasteiger partial charge in [0.05, 0.1) is 7.11 Å². The number of aliphatic hydroxyl groups is 1. The Morgan fingerprint density at radius 3 is 2.66 bits per heavy atom. The van der Waals surface area contributed by atoms with Crippen LogP contribution >= 0.6 is 0 Å². The minimum atomic E-state index is -1.50. The van der Waals surface area contributed by atoms with Gasteiger partial charge in [-0.05, 0) is 30.2 Å². The first kappa shape index (κ1) is 19.9. The number of hydrogen-bond acceptors (Lipinski definition) is 7. The van der Waals surface area contributed by atoms with Crippen LogP contribution in [0.1, 0.15) is 24.8 Å². The van der Waals surface area contributed by atoms with E-state index in [-0.39, 0.29) is 18.5 Å². The third kappa shape index (κ3) is 2.38. The lowest BCUT2D eigenvalue weighted by atomic mass is 9.74. The molecule has 0 unspecified atom stereocenters. The monoisotopic (exact) mass is 402 g/mol. The predicted octanol–water partition coefficient (Wildman–Crippen LogP) is 2.37. The molecule has 1 aromatic carbocycles. The van der Waals surface area contributed by atoms with E-state index in [1.165, 1.54) is 7.11 Å². The number of carbonyl (C=O) groups excluding carboxylic acids is 1. The van der Waals surface area contributed by atoms with E-state index in [1.807, 2.05) is 19.1 Å². The van der Waals surface area contributed by atoms with Gasteiger partial charge in [-0.1, -0.05) is 13.0 Å². The SMILES string of the molecule is C=CCC1=C[C@]2(OC)[C@H](C)[C@@H](c3cc(OC)c4c(c3)OCO4)[C@](OC)(C1=O)[C@H]2O. The Morgan fingerprint density at radius 1 is 1.28 bits per heavy atom. The van der Waals surface area contributed by atoms with E-state index >= 15 is 0 Å². The number of allylic oxidation sites excluding steroid dienone is 1. The molecule has 1 N–H and O–H groups in total. The molecule has 0 saturated heterocycles. The molecule has 2 aliphatic carbocycles. The predicted molar refractivity (Wildman–Crippen MR) is 104 cm³/mol. The summed E-state index contributed by atoms with van der Waals surface area (Å²) >= 11 is 0. The van der Waals surface area contributed by atoms with E-state index in [4.69, 9.17) is 23.7 Å². The number of ketones is 1. The van der Waals surface area contributed by atoms with Gasteiger partial charge in [-0.3, -0.25) is 4.79 Å². The molecule has 3 aliphatic rings. The molecule has 5 atom stereocenters. The summed E-state index contributed by atoms with van der Waals surface area (Å²) in [5, 5.41) is 11.4. The average Bonchev–Trinajstić information content (AvgIpc) is 3.25. The van der Waals surface area contributed by atoms with Gasteiger partial charge >= 0.3 is 0 Å². The molecule has 0 amide bonds. The number of Topliss-reactive ketones (excluding diaryl/α,β-unsaturated/α-hetero) is 1. The van der Waals surface area contributed by atoms with Crippen LogP contribution < -0.4 is 14.2 Å². The number of carbonyl (C=O) groups is 1. The highest BCUT2D eigenvalue weighted by Gasteiger charge is 2.72. The molecular weight excluding hydrogens is 376 g/mol. The highest BCUT2D eigenvalue weighted by atomic mass is 16.7. The summed E-state index contributed by atoms with van der Waals surface area (Å²) in [6.45, 7) is 5.80. The number of methoxy groups -OCH3 is 3. The van der Waals surface area contributed by atoms with Crippen LogP contribution in [0.4, 0.5) is 0 Å². The fraction of sp³-hybridized carbons (Fsp3) is 0.500. The van der Waals surface area contributed by atoms with Gasteiger partial charge in [0.2, 0.25) is 12.5 Å². The summed E-state index contributed by atoms with van der Waals surface area (Å²) in [6, 6.07) is 3.64. The van der Waals surface area contributed by atoms with Crippen LogP contribution in [-0.4, -0.2) is 56.3 Å². The van der Waals surface area contributed by atoms with Gasteiger partial charge in [-0.2, -0.15) is 0 Å². The molecule has 1 aromatic rings. The Kier molecular flexibility index (Phi) is 4.72. The number of rotatable bonds is 6. The summed E-state index contributed by atoms with van der Waals surface area (Å²) in [5.41, 5.74) is -1.30. The van der Waals surface area contributed by atoms with Crippen molar-refractivity contribution in [1.29, 1.82) is 0 Å². The second kappa shape index (κ2) is 6.86. The fourth-order valence-corrected chi connectivity index (χ4v) is 5.31. The van der Waals surface area contributed by atoms with E-state index in [2.05, 4.69) is 6.58 Å². The lowest BCUT2D eigenvalue weighted by Crippen LogP contribution is -2.60. The fourth-order valence-electron chi connectivity index (χ4n) is 5.31. The largest absolute Gasteiger partial charge is 0.493 e. The summed E-state index contributed by atoms with van der Waals surface area (Å²) in [4.78, 5) is 13.6. The zero-order valence-corrected chi connectivity index (χ0v) is 17.1. The Bertz CT molecular complexity index is 891. The van der Waals surface area contributed by atoms with E-state index < -0.39 is 23.2 Å². The molecule has 0 radical (unpaired) electrons. The molecule has 29 heavy (non-hydrogen) atoms. The van der Waals surface area contributed by atoms with Gasteiger partial charge in [0.25, 0.3) is 0 Å². The normalized spacial score (nSPS) is 34.9. The third-order valence-corrected chi connectivity index (χ3v) is 6.65. The van der Waals surface area contributed by atoms with Crippen molar-refractivity contribution in [2.24, 2.45) is 5.92 Å². The van der Waals surface area contributed by atoms with E-state index in [0.717, 1.165) is 5.56 Å². The summed E-state index contributed by atoms with van der Waals surface area (Å²) < 4.78 is 28.3. The molecule has 156 valence electrons. The molecule has 2 bridgehead atoms. The number of fused-ring (bicyclic) bond motifs is 3. The van der Waals surface area contributed by atoms with Crippen LogP contribution in [0.5, 0.6) is 17.2 Å². The number of ether oxygens (including phenoxy) is 5. The third-order valence-electron chi connectivity index (χ3n) is 6.65. The van der Waals surface area contributed by atoms with Crippen molar-refractivity contribution < 1.29 is 33.6 Å². The Labute approximate surface area is 169 Å². The van der Waals surface area contributed by atoms with Crippen molar-refractivity contribution in [3.8, 4) is 17.2 Å². The first-order valence-corrected chi connectivity index (χ1v) is 9.54. The lowest BCUT2D eigenvalue weighted by molar-refractivity contribution is -0.169. The topological polar surface area (TPSA) is 83.5 Å². The minimum absolute atomic E-state index is 0.0966. The summed E-state index contributed by atoms with van der Waals surface area (Å²) in [7, 11) is 4.54. The second-order valence-electron chi connectivity index (χ2n) is 7.67. The van der Waals surface area contributed by atoms with Crippen molar-refractivity contribution >= 4 is 5.78 Å². The quantitative estimate of drug-likeness (QED) is 0.732. The molecule has 1 fully saturated rings. The molecule has 0 aromatic heterocycles. The van der Waals surface area contributed by atoms with Gasteiger partial charge in [-0.15, -0.1) is 6.58 Å². The van der Waals surface area contributed by atoms with Gasteiger partial charge < -0.3 is 28.8 Å². The zero-order chi connectivity index (χ0) is 21.0. The van der Waals surface area contributed by atoms with E-state index in [1.54, 1.807) is 26.4 Å². The Hall–Kier alpha value is -2.35. The van der Waals surface area contributed by atoms with Crippen molar-refractivity contribution in [1.82, 2.24) is 0 Å². The second-order valence-corrected chi connectivity index (χ2v) is 7.67. The van der Waals surface area contributed by atoms with Crippen molar-refractivity contribution in [3.63, 3.8) is 0 Å². The van der Waals surface area contributed by atoms with Crippen molar-refractivity contribution in [2.75, 3.05) is 28.1 Å². The number of benzene rings is 1. The standard InChI is InChI=1S/C22H26O7/c1-6-7-13-10-21(26-4)12(2)17(22(27-5,19(13)23)20(21)24)14-8-15(25-3)18-16(9-14)28-11-29-18/h6,8-10,12,17,20,24H,1,7,11H2,2-5H3/t12-,17+,20+,21+,22+/m1/s1. The smallest absolute Gasteiger partial charge is 0.231 e. The molecule has 7 heteroatoms. The molecule has 1 aliphatic heterocycles. The van der Waals surface area contributed by atoms with Crippen LogP contribution in [0.3, 0.4) is 0 Å². The first-order valence-electron chi connectivity index (χ1n) is 9.54.